The van der Waals surface area contributed by atoms with Crippen molar-refractivity contribution in [3.05, 3.63) is 29.8 Å². The summed E-state index contributed by atoms with van der Waals surface area (Å²) >= 11 is 0. The van der Waals surface area contributed by atoms with Gasteiger partial charge < -0.3 is 14.5 Å². The second-order valence-corrected chi connectivity index (χ2v) is 5.31. The van der Waals surface area contributed by atoms with Gasteiger partial charge in [0.05, 0.1) is 0 Å². The standard InChI is InChI=1S/C15H26N4O2/c1-18(2)8-5-9-19(3)10-11-21-14-7-4-6-13(12-14)15(20)17-16/h4,6-7,12H,5,8-11,16H2,1-3H3,(H,17,20). The van der Waals surface area contributed by atoms with E-state index in [2.05, 4.69) is 36.4 Å². The molecule has 0 aromatic heterocycles. The van der Waals surface area contributed by atoms with Crippen LogP contribution in [0.1, 0.15) is 16.8 Å². The Morgan fingerprint density at radius 1 is 1.24 bits per heavy atom. The van der Waals surface area contributed by atoms with Crippen LogP contribution in [0, 0.1) is 0 Å². The fourth-order valence-corrected chi connectivity index (χ4v) is 1.90. The molecule has 0 heterocycles. The van der Waals surface area contributed by atoms with Crippen LogP contribution in [-0.4, -0.2) is 63.1 Å². The Hall–Kier alpha value is -1.63. The quantitative estimate of drug-likeness (QED) is 0.395. The number of ether oxygens (including phenoxy) is 1. The van der Waals surface area contributed by atoms with E-state index in [1.54, 1.807) is 18.2 Å². The zero-order chi connectivity index (χ0) is 15.7. The summed E-state index contributed by atoms with van der Waals surface area (Å²) in [5.41, 5.74) is 2.60. The Morgan fingerprint density at radius 2 is 2.00 bits per heavy atom. The Balaban J connectivity index is 2.30. The lowest BCUT2D eigenvalue weighted by atomic mass is 10.2. The van der Waals surface area contributed by atoms with Gasteiger partial charge in [0.15, 0.2) is 0 Å². The molecule has 0 atom stereocenters. The summed E-state index contributed by atoms with van der Waals surface area (Å²) in [5.74, 6) is 5.47. The number of rotatable bonds is 9. The summed E-state index contributed by atoms with van der Waals surface area (Å²) < 4.78 is 5.67. The summed E-state index contributed by atoms with van der Waals surface area (Å²) in [6.45, 7) is 3.56. The smallest absolute Gasteiger partial charge is 0.265 e. The summed E-state index contributed by atoms with van der Waals surface area (Å²) in [6.07, 6.45) is 1.13. The lowest BCUT2D eigenvalue weighted by Crippen LogP contribution is -2.30. The number of nitrogens with two attached hydrogens (primary N) is 1. The van der Waals surface area contributed by atoms with Crippen molar-refractivity contribution >= 4 is 5.91 Å². The predicted molar refractivity (Wildman–Crippen MR) is 84.3 cm³/mol. The number of likely N-dealkylation sites (N-methyl/N-ethyl adjacent to an activating group) is 1. The fourth-order valence-electron chi connectivity index (χ4n) is 1.90. The van der Waals surface area contributed by atoms with Gasteiger partial charge in [-0.3, -0.25) is 10.2 Å². The molecule has 0 unspecified atom stereocenters. The number of nitrogen functional groups attached to an aromatic ring is 1. The highest BCUT2D eigenvalue weighted by atomic mass is 16.5. The van der Waals surface area contributed by atoms with Gasteiger partial charge in [-0.25, -0.2) is 5.84 Å². The van der Waals surface area contributed by atoms with Crippen molar-refractivity contribution in [1.29, 1.82) is 0 Å². The number of nitrogens with one attached hydrogen (secondary N) is 1. The molecule has 0 fully saturated rings. The van der Waals surface area contributed by atoms with Crippen LogP contribution in [0.4, 0.5) is 0 Å². The molecule has 1 aromatic carbocycles. The number of hydrogen-bond acceptors (Lipinski definition) is 5. The van der Waals surface area contributed by atoms with Crippen molar-refractivity contribution in [2.75, 3.05) is 47.4 Å². The first-order valence-corrected chi connectivity index (χ1v) is 7.10. The van der Waals surface area contributed by atoms with E-state index >= 15 is 0 Å². The van der Waals surface area contributed by atoms with Crippen LogP contribution in [0.2, 0.25) is 0 Å². The van der Waals surface area contributed by atoms with Gasteiger partial charge in [-0.1, -0.05) is 6.07 Å². The highest BCUT2D eigenvalue weighted by Crippen LogP contribution is 2.13. The van der Waals surface area contributed by atoms with Crippen LogP contribution in [0.25, 0.3) is 0 Å². The van der Waals surface area contributed by atoms with Crippen molar-refractivity contribution in [3.8, 4) is 5.75 Å². The molecule has 1 amide bonds. The molecule has 0 aliphatic heterocycles. The summed E-state index contributed by atoms with van der Waals surface area (Å²) in [6, 6.07) is 7.00. The fraction of sp³-hybridized carbons (Fsp3) is 0.533. The monoisotopic (exact) mass is 294 g/mol. The average molecular weight is 294 g/mol. The van der Waals surface area contributed by atoms with E-state index in [-0.39, 0.29) is 5.91 Å². The van der Waals surface area contributed by atoms with Crippen LogP contribution in [0.3, 0.4) is 0 Å². The van der Waals surface area contributed by atoms with Gasteiger partial charge in [0.2, 0.25) is 0 Å². The van der Waals surface area contributed by atoms with E-state index in [9.17, 15) is 4.79 Å². The van der Waals surface area contributed by atoms with Gasteiger partial charge >= 0.3 is 0 Å². The number of amides is 1. The Bertz CT molecular complexity index is 437. The number of carbonyl (C=O) groups excluding carboxylic acids is 1. The zero-order valence-electron chi connectivity index (χ0n) is 13.1. The van der Waals surface area contributed by atoms with Gasteiger partial charge in [-0.05, 0) is 58.9 Å². The van der Waals surface area contributed by atoms with Crippen LogP contribution >= 0.6 is 0 Å². The SMILES string of the molecule is CN(C)CCCN(C)CCOc1cccc(C(=O)NN)c1. The number of hydrogen-bond donors (Lipinski definition) is 2. The maximum absolute atomic E-state index is 11.4. The van der Waals surface area contributed by atoms with Crippen molar-refractivity contribution < 1.29 is 9.53 Å². The second kappa shape index (κ2) is 9.33. The van der Waals surface area contributed by atoms with Crippen molar-refractivity contribution in [2.24, 2.45) is 5.84 Å². The molecule has 6 nitrogen and oxygen atoms in total. The molecule has 1 aromatic rings. The Morgan fingerprint density at radius 3 is 2.67 bits per heavy atom. The van der Waals surface area contributed by atoms with Crippen LogP contribution in [0.15, 0.2) is 24.3 Å². The molecule has 3 N–H and O–H groups in total. The third-order valence-electron chi connectivity index (χ3n) is 3.11. The third kappa shape index (κ3) is 7.08. The van der Waals surface area contributed by atoms with Crippen molar-refractivity contribution in [1.82, 2.24) is 15.2 Å². The first-order chi connectivity index (χ1) is 10.0. The van der Waals surface area contributed by atoms with Gasteiger partial charge in [0.25, 0.3) is 5.91 Å². The summed E-state index contributed by atoms with van der Waals surface area (Å²) in [7, 11) is 6.23. The molecule has 118 valence electrons. The Labute approximate surface area is 126 Å². The highest BCUT2D eigenvalue weighted by Gasteiger charge is 2.05. The lowest BCUT2D eigenvalue weighted by molar-refractivity contribution is 0.0953. The van der Waals surface area contributed by atoms with E-state index in [0.717, 1.165) is 26.1 Å². The molecule has 0 spiro atoms. The second-order valence-electron chi connectivity index (χ2n) is 5.31. The zero-order valence-corrected chi connectivity index (χ0v) is 13.1. The van der Waals surface area contributed by atoms with Gasteiger partial charge in [0.1, 0.15) is 12.4 Å². The number of nitrogens with zero attached hydrogens (tertiary/aromatic N) is 2. The van der Waals surface area contributed by atoms with E-state index in [0.29, 0.717) is 17.9 Å². The Kier molecular flexibility index (Phi) is 7.74. The van der Waals surface area contributed by atoms with Gasteiger partial charge in [-0.2, -0.15) is 0 Å². The van der Waals surface area contributed by atoms with Crippen molar-refractivity contribution in [2.45, 2.75) is 6.42 Å². The van der Waals surface area contributed by atoms with Crippen LogP contribution in [0.5, 0.6) is 5.75 Å². The molecular weight excluding hydrogens is 268 g/mol. The lowest BCUT2D eigenvalue weighted by Gasteiger charge is -2.18. The molecule has 0 bridgehead atoms. The maximum Gasteiger partial charge on any atom is 0.265 e. The van der Waals surface area contributed by atoms with E-state index in [4.69, 9.17) is 10.6 Å². The van der Waals surface area contributed by atoms with Gasteiger partial charge in [0, 0.05) is 12.1 Å². The van der Waals surface area contributed by atoms with Crippen molar-refractivity contribution in [3.63, 3.8) is 0 Å². The highest BCUT2D eigenvalue weighted by molar-refractivity contribution is 5.94. The molecule has 0 saturated heterocycles. The molecule has 0 saturated carbocycles. The van der Waals surface area contributed by atoms with E-state index < -0.39 is 0 Å². The predicted octanol–water partition coefficient (Wildman–Crippen LogP) is 0.552. The molecule has 6 heteroatoms. The molecule has 1 rings (SSSR count). The average Bonchev–Trinajstić information content (AvgIpc) is 2.46. The number of carbonyl (C=O) groups is 1. The van der Waals surface area contributed by atoms with Crippen LogP contribution < -0.4 is 16.0 Å². The minimum Gasteiger partial charge on any atom is -0.492 e. The normalized spacial score (nSPS) is 11.0. The van der Waals surface area contributed by atoms with E-state index in [1.807, 2.05) is 6.07 Å². The molecule has 0 aliphatic carbocycles. The first kappa shape index (κ1) is 17.4. The first-order valence-electron chi connectivity index (χ1n) is 7.10. The third-order valence-corrected chi connectivity index (χ3v) is 3.11. The minimum absolute atomic E-state index is 0.318. The summed E-state index contributed by atoms with van der Waals surface area (Å²) in [4.78, 5) is 15.8. The number of hydrazine groups is 1. The number of benzene rings is 1. The largest absolute Gasteiger partial charge is 0.492 e. The summed E-state index contributed by atoms with van der Waals surface area (Å²) in [5, 5.41) is 0. The molecule has 21 heavy (non-hydrogen) atoms. The molecule has 0 radical (unpaired) electrons. The molecular formula is C15H26N4O2. The maximum atomic E-state index is 11.4. The van der Waals surface area contributed by atoms with E-state index in [1.165, 1.54) is 0 Å². The molecule has 0 aliphatic rings. The topological polar surface area (TPSA) is 70.8 Å². The minimum atomic E-state index is -0.318. The van der Waals surface area contributed by atoms with Crippen LogP contribution in [-0.2, 0) is 0 Å². The van der Waals surface area contributed by atoms with Gasteiger partial charge in [-0.15, -0.1) is 0 Å².